The van der Waals surface area contributed by atoms with Crippen molar-refractivity contribution in [1.29, 1.82) is 0 Å². The molecule has 3 aromatic rings. The van der Waals surface area contributed by atoms with Crippen LogP contribution in [0.3, 0.4) is 0 Å². The number of halogens is 1. The maximum absolute atomic E-state index is 6.38. The lowest BCUT2D eigenvalue weighted by atomic mass is 9.95. The zero-order chi connectivity index (χ0) is 13.9. The predicted molar refractivity (Wildman–Crippen MR) is 83.8 cm³/mol. The lowest BCUT2D eigenvalue weighted by Gasteiger charge is -2.15. The average Bonchev–Trinajstić information content (AvgIpc) is 2.49. The fourth-order valence-corrected chi connectivity index (χ4v) is 2.58. The maximum atomic E-state index is 6.38. The molecule has 2 nitrogen and oxygen atoms in total. The highest BCUT2D eigenvalue weighted by molar-refractivity contribution is 6.30. The van der Waals surface area contributed by atoms with Crippen molar-refractivity contribution < 1.29 is 0 Å². The Labute approximate surface area is 123 Å². The molecule has 0 amide bonds. The van der Waals surface area contributed by atoms with Gasteiger partial charge in [-0.05, 0) is 41.1 Å². The lowest BCUT2D eigenvalue weighted by molar-refractivity contribution is 0.728. The van der Waals surface area contributed by atoms with Gasteiger partial charge in [0, 0.05) is 28.8 Å². The number of nitrogens with two attached hydrogens (primary N) is 1. The first kappa shape index (κ1) is 13.1. The summed E-state index contributed by atoms with van der Waals surface area (Å²) >= 11 is 5.91. The monoisotopic (exact) mass is 282 g/mol. The number of hydrogen-bond donors (Lipinski definition) is 1. The second-order valence-electron chi connectivity index (χ2n) is 4.88. The normalized spacial score (nSPS) is 12.5. The van der Waals surface area contributed by atoms with E-state index in [1.165, 1.54) is 10.9 Å². The van der Waals surface area contributed by atoms with Crippen molar-refractivity contribution in [3.05, 3.63) is 77.1 Å². The number of aromatic nitrogens is 1. The van der Waals surface area contributed by atoms with E-state index in [2.05, 4.69) is 17.1 Å². The van der Waals surface area contributed by atoms with Gasteiger partial charge in [0.15, 0.2) is 0 Å². The van der Waals surface area contributed by atoms with Crippen LogP contribution in [0.15, 0.2) is 60.9 Å². The van der Waals surface area contributed by atoms with Gasteiger partial charge in [-0.15, -0.1) is 0 Å². The number of benzene rings is 2. The molecule has 3 rings (SSSR count). The van der Waals surface area contributed by atoms with E-state index in [0.29, 0.717) is 0 Å². The molecule has 3 heteroatoms. The predicted octanol–water partition coefficient (Wildman–Crippen LogP) is 4.13. The van der Waals surface area contributed by atoms with Crippen molar-refractivity contribution in [3.63, 3.8) is 0 Å². The van der Waals surface area contributed by atoms with Crippen molar-refractivity contribution in [1.82, 2.24) is 4.98 Å². The van der Waals surface area contributed by atoms with Gasteiger partial charge in [0.1, 0.15) is 0 Å². The second kappa shape index (κ2) is 5.61. The van der Waals surface area contributed by atoms with Crippen molar-refractivity contribution in [3.8, 4) is 0 Å². The molecule has 0 spiro atoms. The highest BCUT2D eigenvalue weighted by Gasteiger charge is 2.10. The van der Waals surface area contributed by atoms with Gasteiger partial charge in [-0.3, -0.25) is 4.98 Å². The fraction of sp³-hybridized carbons (Fsp3) is 0.118. The van der Waals surface area contributed by atoms with Gasteiger partial charge in [-0.1, -0.05) is 41.9 Å². The molecule has 1 unspecified atom stereocenters. The summed E-state index contributed by atoms with van der Waals surface area (Å²) < 4.78 is 0. The standard InChI is InChI=1S/C17H15ClN2/c18-14-6-4-12(5-7-14)10-17(19)16-3-1-2-13-11-20-9-8-15(13)16/h1-9,11,17H,10,19H2. The minimum atomic E-state index is -0.0396. The molecule has 0 aliphatic heterocycles. The molecule has 100 valence electrons. The third-order valence-corrected chi connectivity index (χ3v) is 3.73. The Bertz CT molecular complexity index is 717. The molecule has 2 N–H and O–H groups in total. The zero-order valence-corrected chi connectivity index (χ0v) is 11.7. The van der Waals surface area contributed by atoms with E-state index in [1.54, 1.807) is 6.20 Å². The summed E-state index contributed by atoms with van der Waals surface area (Å²) in [4.78, 5) is 4.15. The Kier molecular flexibility index (Phi) is 3.68. The van der Waals surface area contributed by atoms with Crippen molar-refractivity contribution >= 4 is 22.4 Å². The van der Waals surface area contributed by atoms with E-state index in [4.69, 9.17) is 17.3 Å². The van der Waals surface area contributed by atoms with Crippen LogP contribution in [0, 0.1) is 0 Å². The molecule has 1 aromatic heterocycles. The summed E-state index contributed by atoms with van der Waals surface area (Å²) in [6.07, 6.45) is 4.47. The first-order valence-electron chi connectivity index (χ1n) is 6.57. The van der Waals surface area contributed by atoms with E-state index in [0.717, 1.165) is 22.4 Å². The number of fused-ring (bicyclic) bond motifs is 1. The summed E-state index contributed by atoms with van der Waals surface area (Å²) in [6.45, 7) is 0. The summed E-state index contributed by atoms with van der Waals surface area (Å²) in [7, 11) is 0. The second-order valence-corrected chi connectivity index (χ2v) is 5.32. The Morgan fingerprint density at radius 3 is 2.65 bits per heavy atom. The highest BCUT2D eigenvalue weighted by atomic mass is 35.5. The zero-order valence-electron chi connectivity index (χ0n) is 11.0. The largest absolute Gasteiger partial charge is 0.324 e. The number of rotatable bonds is 3. The van der Waals surface area contributed by atoms with Gasteiger partial charge in [0.05, 0.1) is 0 Å². The molecule has 1 heterocycles. The lowest BCUT2D eigenvalue weighted by Crippen LogP contribution is -2.13. The molecule has 1 atom stereocenters. The third-order valence-electron chi connectivity index (χ3n) is 3.48. The molecule has 0 saturated carbocycles. The van der Waals surface area contributed by atoms with Gasteiger partial charge in [0.25, 0.3) is 0 Å². The first-order valence-corrected chi connectivity index (χ1v) is 6.94. The highest BCUT2D eigenvalue weighted by Crippen LogP contribution is 2.25. The minimum absolute atomic E-state index is 0.0396. The molecular weight excluding hydrogens is 268 g/mol. The van der Waals surface area contributed by atoms with Crippen LogP contribution in [0.2, 0.25) is 5.02 Å². The van der Waals surface area contributed by atoms with Gasteiger partial charge in [-0.25, -0.2) is 0 Å². The van der Waals surface area contributed by atoms with E-state index in [1.807, 2.05) is 42.6 Å². The van der Waals surface area contributed by atoms with E-state index in [-0.39, 0.29) is 6.04 Å². The average molecular weight is 283 g/mol. The molecule has 20 heavy (non-hydrogen) atoms. The van der Waals surface area contributed by atoms with E-state index < -0.39 is 0 Å². The Balaban J connectivity index is 1.92. The van der Waals surface area contributed by atoms with Crippen LogP contribution in [-0.4, -0.2) is 4.98 Å². The SMILES string of the molecule is NC(Cc1ccc(Cl)cc1)c1cccc2cnccc12. The van der Waals surface area contributed by atoms with Gasteiger partial charge >= 0.3 is 0 Å². The number of hydrogen-bond acceptors (Lipinski definition) is 2. The molecule has 0 bridgehead atoms. The molecule has 2 aromatic carbocycles. The molecule has 0 aliphatic rings. The van der Waals surface area contributed by atoms with Gasteiger partial charge < -0.3 is 5.73 Å². The number of nitrogens with zero attached hydrogens (tertiary/aromatic N) is 1. The quantitative estimate of drug-likeness (QED) is 0.784. The summed E-state index contributed by atoms with van der Waals surface area (Å²) in [5.41, 5.74) is 8.72. The smallest absolute Gasteiger partial charge is 0.0406 e. The first-order chi connectivity index (χ1) is 9.74. The van der Waals surface area contributed by atoms with Crippen LogP contribution in [0.4, 0.5) is 0 Å². The van der Waals surface area contributed by atoms with Gasteiger partial charge in [-0.2, -0.15) is 0 Å². The van der Waals surface area contributed by atoms with Crippen LogP contribution in [0.5, 0.6) is 0 Å². The Morgan fingerprint density at radius 2 is 1.85 bits per heavy atom. The topological polar surface area (TPSA) is 38.9 Å². The molecule has 0 saturated heterocycles. The van der Waals surface area contributed by atoms with Crippen molar-refractivity contribution in [2.75, 3.05) is 0 Å². The van der Waals surface area contributed by atoms with Crippen LogP contribution >= 0.6 is 11.6 Å². The summed E-state index contributed by atoms with van der Waals surface area (Å²) in [6, 6.07) is 16.0. The molecule has 0 aliphatic carbocycles. The van der Waals surface area contributed by atoms with Crippen LogP contribution in [-0.2, 0) is 6.42 Å². The Morgan fingerprint density at radius 1 is 1.05 bits per heavy atom. The molecular formula is C17H15ClN2. The van der Waals surface area contributed by atoms with Crippen molar-refractivity contribution in [2.45, 2.75) is 12.5 Å². The van der Waals surface area contributed by atoms with Crippen LogP contribution in [0.1, 0.15) is 17.2 Å². The van der Waals surface area contributed by atoms with Crippen LogP contribution in [0.25, 0.3) is 10.8 Å². The van der Waals surface area contributed by atoms with Crippen molar-refractivity contribution in [2.24, 2.45) is 5.73 Å². The minimum Gasteiger partial charge on any atom is -0.324 e. The van der Waals surface area contributed by atoms with Crippen LogP contribution < -0.4 is 5.73 Å². The van der Waals surface area contributed by atoms with E-state index in [9.17, 15) is 0 Å². The Hall–Kier alpha value is -1.90. The molecule has 0 radical (unpaired) electrons. The third kappa shape index (κ3) is 2.67. The number of pyridine rings is 1. The van der Waals surface area contributed by atoms with E-state index >= 15 is 0 Å². The maximum Gasteiger partial charge on any atom is 0.0406 e. The van der Waals surface area contributed by atoms with Gasteiger partial charge in [0.2, 0.25) is 0 Å². The molecule has 0 fully saturated rings. The summed E-state index contributed by atoms with van der Waals surface area (Å²) in [5, 5.41) is 3.04. The summed E-state index contributed by atoms with van der Waals surface area (Å²) in [5.74, 6) is 0. The fourth-order valence-electron chi connectivity index (χ4n) is 2.46.